The molecule has 0 fully saturated rings. The molecule has 0 aromatic heterocycles. The highest BCUT2D eigenvalue weighted by molar-refractivity contribution is 5.66. The molecule has 0 heterocycles. The van der Waals surface area contributed by atoms with Gasteiger partial charge in [0, 0.05) is 17.0 Å². The van der Waals surface area contributed by atoms with Crippen molar-refractivity contribution in [2.45, 2.75) is 19.8 Å². The van der Waals surface area contributed by atoms with Gasteiger partial charge in [0.2, 0.25) is 0 Å². The highest BCUT2D eigenvalue weighted by atomic mass is 16.4. The Bertz CT molecular complexity index is 332. The van der Waals surface area contributed by atoms with E-state index in [9.17, 15) is 4.79 Å². The van der Waals surface area contributed by atoms with Gasteiger partial charge < -0.3 is 5.11 Å². The maximum absolute atomic E-state index is 9.60. The first kappa shape index (κ1) is 13.0. The van der Waals surface area contributed by atoms with E-state index in [0.29, 0.717) is 12.1 Å². The van der Waals surface area contributed by atoms with E-state index in [0.717, 1.165) is 6.42 Å². The molecule has 0 amide bonds. The van der Waals surface area contributed by atoms with E-state index in [1.54, 1.807) is 12.1 Å². The molecule has 80 valence electrons. The summed E-state index contributed by atoms with van der Waals surface area (Å²) in [6.45, 7) is 1.84. The van der Waals surface area contributed by atoms with Crippen LogP contribution < -0.4 is 0 Å². The van der Waals surface area contributed by atoms with Gasteiger partial charge in [-0.15, -0.1) is 0 Å². The number of hydrogen-bond donors (Lipinski definition) is 1. The largest absolute Gasteiger partial charge is 0.481 e. The molecule has 0 saturated heterocycles. The number of rotatable bonds is 3. The maximum atomic E-state index is 9.60. The van der Waals surface area contributed by atoms with Crippen molar-refractivity contribution in [1.29, 1.82) is 0 Å². The van der Waals surface area contributed by atoms with Gasteiger partial charge in [0.1, 0.15) is 0 Å². The van der Waals surface area contributed by atoms with Crippen molar-refractivity contribution < 1.29 is 9.90 Å². The predicted molar refractivity (Wildman–Crippen MR) is 57.8 cm³/mol. The third-order valence-corrected chi connectivity index (χ3v) is 1.38. The lowest BCUT2D eigenvalue weighted by atomic mass is 10.3. The molecule has 1 aromatic carbocycles. The minimum absolute atomic E-state index is 0.292. The fourth-order valence-corrected chi connectivity index (χ4v) is 0.760. The summed E-state index contributed by atoms with van der Waals surface area (Å²) in [7, 11) is 0. The highest BCUT2D eigenvalue weighted by Crippen LogP contribution is 2.08. The van der Waals surface area contributed by atoms with Crippen molar-refractivity contribution in [1.82, 2.24) is 0 Å². The summed E-state index contributed by atoms with van der Waals surface area (Å²) in [5.74, 6) is -0.711. The fraction of sp³-hybridized carbons (Fsp3) is 0.300. The van der Waals surface area contributed by atoms with Gasteiger partial charge in [0.05, 0.1) is 0 Å². The number of nitrogens with zero attached hydrogens (tertiary/aromatic N) is 3. The van der Waals surface area contributed by atoms with Crippen LogP contribution in [-0.2, 0) is 4.79 Å². The molecule has 5 nitrogen and oxygen atoms in total. The Balaban J connectivity index is 0.000000288. The summed E-state index contributed by atoms with van der Waals surface area (Å²) < 4.78 is 0. The molecule has 5 heteroatoms. The fourth-order valence-electron chi connectivity index (χ4n) is 0.760. The molecule has 0 atom stereocenters. The van der Waals surface area contributed by atoms with E-state index in [-0.39, 0.29) is 0 Å². The Morgan fingerprint density at radius 1 is 1.47 bits per heavy atom. The average Bonchev–Trinajstić information content (AvgIpc) is 2.20. The Morgan fingerprint density at radius 3 is 2.40 bits per heavy atom. The van der Waals surface area contributed by atoms with Crippen LogP contribution in [0.1, 0.15) is 19.8 Å². The molecule has 0 bridgehead atoms. The lowest BCUT2D eigenvalue weighted by Crippen LogP contribution is -1.90. The topological polar surface area (TPSA) is 86.1 Å². The van der Waals surface area contributed by atoms with Gasteiger partial charge in [0.25, 0.3) is 0 Å². The summed E-state index contributed by atoms with van der Waals surface area (Å²) >= 11 is 0. The van der Waals surface area contributed by atoms with E-state index in [4.69, 9.17) is 10.6 Å². The van der Waals surface area contributed by atoms with Gasteiger partial charge in [-0.05, 0) is 12.0 Å². The second kappa shape index (κ2) is 8.59. The molecule has 0 aliphatic heterocycles. The third kappa shape index (κ3) is 8.33. The van der Waals surface area contributed by atoms with Crippen molar-refractivity contribution >= 4 is 11.7 Å². The second-order valence-corrected chi connectivity index (χ2v) is 2.67. The van der Waals surface area contributed by atoms with Crippen LogP contribution in [0.5, 0.6) is 0 Å². The lowest BCUT2D eigenvalue weighted by molar-refractivity contribution is -0.137. The molecular weight excluding hydrogens is 194 g/mol. The predicted octanol–water partition coefficient (Wildman–Crippen LogP) is 3.50. The lowest BCUT2D eigenvalue weighted by Gasteiger charge is -1.83. The van der Waals surface area contributed by atoms with Gasteiger partial charge >= 0.3 is 5.97 Å². The number of azide groups is 1. The summed E-state index contributed by atoms with van der Waals surface area (Å²) in [5.41, 5.74) is 8.63. The van der Waals surface area contributed by atoms with E-state index in [2.05, 4.69) is 10.0 Å². The quantitative estimate of drug-likeness (QED) is 0.467. The van der Waals surface area contributed by atoms with Crippen LogP contribution in [0.3, 0.4) is 0 Å². The number of hydrogen-bond acceptors (Lipinski definition) is 2. The minimum atomic E-state index is -0.711. The molecule has 0 spiro atoms. The summed E-state index contributed by atoms with van der Waals surface area (Å²) in [4.78, 5) is 12.2. The van der Waals surface area contributed by atoms with Crippen LogP contribution in [0.25, 0.3) is 10.4 Å². The molecular formula is C10H13N3O2. The molecule has 0 unspecified atom stereocenters. The van der Waals surface area contributed by atoms with Gasteiger partial charge in [-0.25, -0.2) is 0 Å². The van der Waals surface area contributed by atoms with Crippen LogP contribution in [0.2, 0.25) is 0 Å². The first-order chi connectivity index (χ1) is 7.20. The molecule has 0 aliphatic rings. The van der Waals surface area contributed by atoms with Crippen molar-refractivity contribution in [3.8, 4) is 0 Å². The van der Waals surface area contributed by atoms with Gasteiger partial charge in [-0.3, -0.25) is 4.79 Å². The van der Waals surface area contributed by atoms with Crippen molar-refractivity contribution in [3.63, 3.8) is 0 Å². The van der Waals surface area contributed by atoms with E-state index in [1.807, 2.05) is 25.1 Å². The average molecular weight is 207 g/mol. The van der Waals surface area contributed by atoms with Gasteiger partial charge in [-0.2, -0.15) is 0 Å². The van der Waals surface area contributed by atoms with E-state index in [1.165, 1.54) is 0 Å². The number of carboxylic acids is 1. The maximum Gasteiger partial charge on any atom is 0.303 e. The molecule has 1 aromatic rings. The molecule has 0 aliphatic carbocycles. The van der Waals surface area contributed by atoms with Crippen molar-refractivity contribution in [2.75, 3.05) is 0 Å². The number of aliphatic carboxylic acids is 1. The smallest absolute Gasteiger partial charge is 0.303 e. The first-order valence-corrected chi connectivity index (χ1v) is 4.52. The van der Waals surface area contributed by atoms with Crippen LogP contribution in [-0.4, -0.2) is 11.1 Å². The standard InChI is InChI=1S/C6H5N3.C4H8O2/c7-9-8-6-4-2-1-3-5-6;1-2-3-4(5)6/h1-5H;2-3H2,1H3,(H,5,6). The molecule has 0 saturated carbocycles. The van der Waals surface area contributed by atoms with Crippen molar-refractivity contribution in [3.05, 3.63) is 40.8 Å². The van der Waals surface area contributed by atoms with Gasteiger partial charge in [0.15, 0.2) is 0 Å². The SMILES string of the molecule is CCCC(=O)O.[N-]=[N+]=Nc1ccccc1. The Kier molecular flexibility index (Phi) is 7.45. The first-order valence-electron chi connectivity index (χ1n) is 4.52. The molecule has 1 rings (SSSR count). The Labute approximate surface area is 88.0 Å². The van der Waals surface area contributed by atoms with Crippen LogP contribution >= 0.6 is 0 Å². The Morgan fingerprint density at radius 2 is 2.07 bits per heavy atom. The monoisotopic (exact) mass is 207 g/mol. The number of benzene rings is 1. The summed E-state index contributed by atoms with van der Waals surface area (Å²) in [6.07, 6.45) is 1.02. The van der Waals surface area contributed by atoms with Crippen molar-refractivity contribution in [2.24, 2.45) is 5.11 Å². The molecule has 1 N–H and O–H groups in total. The van der Waals surface area contributed by atoms with Gasteiger partial charge in [-0.1, -0.05) is 42.4 Å². The van der Waals surface area contributed by atoms with E-state index < -0.39 is 5.97 Å². The number of carboxylic acid groups (broad SMARTS) is 1. The third-order valence-electron chi connectivity index (χ3n) is 1.38. The summed E-state index contributed by atoms with van der Waals surface area (Å²) in [5, 5.41) is 11.3. The second-order valence-electron chi connectivity index (χ2n) is 2.67. The zero-order valence-electron chi connectivity index (χ0n) is 8.50. The normalized spacial score (nSPS) is 8.07. The summed E-state index contributed by atoms with van der Waals surface area (Å²) in [6, 6.07) is 9.02. The zero-order chi connectivity index (χ0) is 11.5. The number of carbonyl (C=O) groups is 1. The Hall–Kier alpha value is -2.00. The molecule has 15 heavy (non-hydrogen) atoms. The minimum Gasteiger partial charge on any atom is -0.481 e. The highest BCUT2D eigenvalue weighted by Gasteiger charge is 1.87. The zero-order valence-corrected chi connectivity index (χ0v) is 8.50. The van der Waals surface area contributed by atoms with Crippen LogP contribution in [0, 0.1) is 0 Å². The van der Waals surface area contributed by atoms with Crippen LogP contribution in [0.15, 0.2) is 35.4 Å². The van der Waals surface area contributed by atoms with E-state index >= 15 is 0 Å². The molecule has 0 radical (unpaired) electrons. The van der Waals surface area contributed by atoms with Crippen LogP contribution in [0.4, 0.5) is 5.69 Å².